The topological polar surface area (TPSA) is 94.6 Å². The Morgan fingerprint density at radius 3 is 2.83 bits per heavy atom. The van der Waals surface area contributed by atoms with Crippen molar-refractivity contribution in [3.8, 4) is 11.8 Å². The zero-order valence-corrected chi connectivity index (χ0v) is 17.2. The molecule has 1 aliphatic rings. The number of ether oxygens (including phenoxy) is 1. The first kappa shape index (κ1) is 20.6. The summed E-state index contributed by atoms with van der Waals surface area (Å²) in [5, 5.41) is 14.5. The number of aryl methyl sites for hydroxylation is 2. The van der Waals surface area contributed by atoms with E-state index in [-0.39, 0.29) is 23.8 Å². The lowest BCUT2D eigenvalue weighted by Gasteiger charge is -2.13. The summed E-state index contributed by atoms with van der Waals surface area (Å²) < 4.78 is 11.8. The molecule has 2 aromatic heterocycles. The number of aromatic nitrogens is 2. The summed E-state index contributed by atoms with van der Waals surface area (Å²) in [6.07, 6.45) is 3.59. The molecule has 7 nitrogen and oxygen atoms in total. The van der Waals surface area contributed by atoms with E-state index in [9.17, 15) is 14.7 Å². The number of pyridine rings is 1. The third-order valence-electron chi connectivity index (χ3n) is 4.59. The molecule has 1 N–H and O–H groups in total. The van der Waals surface area contributed by atoms with Crippen LogP contribution in [0.2, 0.25) is 0 Å². The van der Waals surface area contributed by atoms with Gasteiger partial charge in [0.05, 0.1) is 12.2 Å². The van der Waals surface area contributed by atoms with Crippen LogP contribution in [-0.4, -0.2) is 27.4 Å². The first-order valence-corrected chi connectivity index (χ1v) is 9.39. The predicted octanol–water partition coefficient (Wildman–Crippen LogP) is 2.08. The molecule has 0 unspecified atom stereocenters. The maximum absolute atomic E-state index is 12.6. The molecule has 2 aromatic rings. The van der Waals surface area contributed by atoms with Crippen molar-refractivity contribution in [3.63, 3.8) is 0 Å². The Bertz CT molecular complexity index is 1110. The van der Waals surface area contributed by atoms with E-state index in [0.717, 1.165) is 0 Å². The van der Waals surface area contributed by atoms with Crippen LogP contribution in [-0.2, 0) is 28.6 Å². The fraction of sp³-hybridized carbons (Fsp3) is 0.409. The number of fused-ring (bicyclic) bond motifs is 1. The molecule has 0 saturated heterocycles. The van der Waals surface area contributed by atoms with Gasteiger partial charge < -0.3 is 18.9 Å². The van der Waals surface area contributed by atoms with Gasteiger partial charge in [-0.25, -0.2) is 4.79 Å². The van der Waals surface area contributed by atoms with Crippen molar-refractivity contribution >= 4 is 11.5 Å². The molecule has 152 valence electrons. The molecular weight excluding hydrogens is 372 g/mol. The molecule has 0 spiro atoms. The second kappa shape index (κ2) is 7.72. The van der Waals surface area contributed by atoms with Crippen molar-refractivity contribution in [2.45, 2.75) is 39.7 Å². The minimum Gasteiger partial charge on any atom is -0.462 e. The second-order valence-electron chi connectivity index (χ2n) is 7.77. The van der Waals surface area contributed by atoms with Crippen LogP contribution in [0.3, 0.4) is 0 Å². The lowest BCUT2D eigenvalue weighted by Crippen LogP contribution is -2.23. The second-order valence-corrected chi connectivity index (χ2v) is 7.77. The first-order valence-electron chi connectivity index (χ1n) is 9.39. The molecule has 0 amide bonds. The number of esters is 1. The Labute approximate surface area is 169 Å². The first-order chi connectivity index (χ1) is 13.6. The minimum absolute atomic E-state index is 0.188. The molecule has 3 rings (SSSR count). The highest BCUT2D eigenvalue weighted by Gasteiger charge is 2.28. The number of aliphatic hydroxyl groups is 1. The van der Waals surface area contributed by atoms with Crippen LogP contribution in [0.15, 0.2) is 27.7 Å². The summed E-state index contributed by atoms with van der Waals surface area (Å²) in [4.78, 5) is 25.1. The van der Waals surface area contributed by atoms with Gasteiger partial charge in [-0.2, -0.15) is 0 Å². The van der Waals surface area contributed by atoms with Gasteiger partial charge in [0.15, 0.2) is 5.60 Å². The monoisotopic (exact) mass is 396 g/mol. The molecule has 1 atom stereocenters. The van der Waals surface area contributed by atoms with Crippen LogP contribution in [0.4, 0.5) is 0 Å². The average molecular weight is 396 g/mol. The lowest BCUT2D eigenvalue weighted by atomic mass is 9.98. The van der Waals surface area contributed by atoms with Gasteiger partial charge in [-0.05, 0) is 26.2 Å². The van der Waals surface area contributed by atoms with E-state index in [1.54, 1.807) is 32.3 Å². The van der Waals surface area contributed by atoms with Gasteiger partial charge in [-0.1, -0.05) is 36.9 Å². The summed E-state index contributed by atoms with van der Waals surface area (Å²) in [6, 6.07) is 1.61. The summed E-state index contributed by atoms with van der Waals surface area (Å²) in [7, 11) is 1.63. The van der Waals surface area contributed by atoms with Crippen molar-refractivity contribution in [3.05, 3.63) is 56.8 Å². The molecule has 0 aliphatic heterocycles. The van der Waals surface area contributed by atoms with Gasteiger partial charge in [-0.15, -0.1) is 0 Å². The lowest BCUT2D eigenvalue weighted by molar-refractivity contribution is -0.137. The third-order valence-corrected chi connectivity index (χ3v) is 4.59. The van der Waals surface area contributed by atoms with Gasteiger partial charge in [0.1, 0.15) is 11.5 Å². The van der Waals surface area contributed by atoms with Crippen molar-refractivity contribution in [1.82, 2.24) is 9.72 Å². The van der Waals surface area contributed by atoms with Crippen LogP contribution < -0.4 is 5.56 Å². The van der Waals surface area contributed by atoms with E-state index >= 15 is 0 Å². The van der Waals surface area contributed by atoms with E-state index in [0.29, 0.717) is 34.4 Å². The Hall–Kier alpha value is -3.11. The SMILES string of the molecule is Cc1cc([C@](C)(O)C#Cc2cn(C)c(=O)c3c2C(C(=O)OCC(C)C)=CC3)no1. The summed E-state index contributed by atoms with van der Waals surface area (Å²) in [6.45, 7) is 7.42. The molecule has 0 aromatic carbocycles. The van der Waals surface area contributed by atoms with E-state index in [4.69, 9.17) is 9.26 Å². The molecule has 1 aliphatic carbocycles. The van der Waals surface area contributed by atoms with Crippen molar-refractivity contribution in [2.24, 2.45) is 13.0 Å². The zero-order valence-electron chi connectivity index (χ0n) is 17.2. The number of allylic oxidation sites excluding steroid dienone is 1. The summed E-state index contributed by atoms with van der Waals surface area (Å²) >= 11 is 0. The van der Waals surface area contributed by atoms with E-state index in [1.165, 1.54) is 11.5 Å². The van der Waals surface area contributed by atoms with Gasteiger partial charge in [0, 0.05) is 36.0 Å². The smallest absolute Gasteiger partial charge is 0.338 e. The quantitative estimate of drug-likeness (QED) is 0.628. The Morgan fingerprint density at radius 1 is 1.48 bits per heavy atom. The molecular formula is C22H24N2O5. The average Bonchev–Trinajstić information content (AvgIpc) is 3.29. The van der Waals surface area contributed by atoms with E-state index in [1.807, 2.05) is 13.8 Å². The molecule has 0 bridgehead atoms. The number of carbonyl (C=O) groups is 1. The van der Waals surface area contributed by atoms with Crippen LogP contribution in [0.5, 0.6) is 0 Å². The highest BCUT2D eigenvalue weighted by Crippen LogP contribution is 2.29. The van der Waals surface area contributed by atoms with Crippen molar-refractivity contribution in [2.75, 3.05) is 6.61 Å². The van der Waals surface area contributed by atoms with E-state index in [2.05, 4.69) is 17.0 Å². The van der Waals surface area contributed by atoms with Gasteiger partial charge in [-0.3, -0.25) is 4.79 Å². The van der Waals surface area contributed by atoms with Crippen LogP contribution in [0, 0.1) is 24.7 Å². The molecule has 29 heavy (non-hydrogen) atoms. The molecule has 2 heterocycles. The summed E-state index contributed by atoms with van der Waals surface area (Å²) in [5.74, 6) is 5.98. The maximum Gasteiger partial charge on any atom is 0.338 e. The molecule has 0 radical (unpaired) electrons. The number of nitrogens with zero attached hydrogens (tertiary/aromatic N) is 2. The molecule has 0 saturated carbocycles. The highest BCUT2D eigenvalue weighted by atomic mass is 16.5. The molecule has 0 fully saturated rings. The normalized spacial score (nSPS) is 14.7. The minimum atomic E-state index is -1.56. The zero-order chi connectivity index (χ0) is 21.3. The predicted molar refractivity (Wildman–Crippen MR) is 107 cm³/mol. The third kappa shape index (κ3) is 4.17. The largest absolute Gasteiger partial charge is 0.462 e. The number of rotatable bonds is 4. The van der Waals surface area contributed by atoms with Crippen LogP contribution in [0.25, 0.3) is 5.57 Å². The van der Waals surface area contributed by atoms with Gasteiger partial charge >= 0.3 is 5.97 Å². The number of carbonyl (C=O) groups excluding carboxylic acids is 1. The summed E-state index contributed by atoms with van der Waals surface area (Å²) in [5.41, 5.74) is 0.310. The number of hydrogen-bond acceptors (Lipinski definition) is 6. The highest BCUT2D eigenvalue weighted by molar-refractivity contribution is 6.18. The standard InChI is InChI=1S/C22H24N2O5/c1-13(2)12-28-21(26)17-7-6-16-19(17)15(11-24(5)20(16)25)8-9-22(4,27)18-10-14(3)29-23-18/h7,10-11,13,27H,6,12H2,1-5H3/t22-/m1/s1. The van der Waals surface area contributed by atoms with E-state index < -0.39 is 11.6 Å². The van der Waals surface area contributed by atoms with Crippen molar-refractivity contribution < 1.29 is 19.2 Å². The Kier molecular flexibility index (Phi) is 5.49. The van der Waals surface area contributed by atoms with Gasteiger partial charge in [0.2, 0.25) is 0 Å². The maximum atomic E-state index is 12.6. The Balaban J connectivity index is 2.03. The fourth-order valence-electron chi connectivity index (χ4n) is 3.05. The van der Waals surface area contributed by atoms with Crippen LogP contribution in [0.1, 0.15) is 48.9 Å². The number of hydrogen-bond donors (Lipinski definition) is 1. The molecule has 7 heteroatoms. The Morgan fingerprint density at radius 2 is 2.21 bits per heavy atom. The van der Waals surface area contributed by atoms with Crippen molar-refractivity contribution in [1.29, 1.82) is 0 Å². The van der Waals surface area contributed by atoms with Crippen LogP contribution >= 0.6 is 0 Å². The fourth-order valence-corrected chi connectivity index (χ4v) is 3.05. The van der Waals surface area contributed by atoms with Gasteiger partial charge in [0.25, 0.3) is 5.56 Å².